The number of halogens is 1. The maximum atomic E-state index is 11.0. The van der Waals surface area contributed by atoms with Gasteiger partial charge in [-0.2, -0.15) is 0 Å². The Morgan fingerprint density at radius 1 is 1.00 bits per heavy atom. The molecule has 0 amide bonds. The van der Waals surface area contributed by atoms with Crippen LogP contribution in [0.2, 0.25) is 0 Å². The second kappa shape index (κ2) is 8.23. The van der Waals surface area contributed by atoms with Crippen molar-refractivity contribution in [3.05, 3.63) is 65.7 Å². The van der Waals surface area contributed by atoms with Crippen LogP contribution >= 0.6 is 12.4 Å². The molecule has 26 heavy (non-hydrogen) atoms. The van der Waals surface area contributed by atoms with Crippen LogP contribution in [-0.2, 0) is 0 Å². The van der Waals surface area contributed by atoms with Crippen LogP contribution in [0.4, 0.5) is 5.69 Å². The van der Waals surface area contributed by atoms with E-state index in [-0.39, 0.29) is 12.4 Å². The van der Waals surface area contributed by atoms with E-state index >= 15 is 0 Å². The molecule has 0 aromatic heterocycles. The first-order valence-electron chi connectivity index (χ1n) is 9.00. The van der Waals surface area contributed by atoms with Crippen LogP contribution in [0.5, 0.6) is 5.75 Å². The third kappa shape index (κ3) is 3.79. The van der Waals surface area contributed by atoms with Gasteiger partial charge in [0.15, 0.2) is 0 Å². The summed E-state index contributed by atoms with van der Waals surface area (Å²) >= 11 is 0. The molecule has 1 atom stereocenters. The van der Waals surface area contributed by atoms with Crippen molar-refractivity contribution >= 4 is 24.2 Å². The molecule has 0 radical (unpaired) electrons. The van der Waals surface area contributed by atoms with Gasteiger partial charge in [-0.3, -0.25) is 4.48 Å². The number of fused-ring (bicyclic) bond motifs is 1. The summed E-state index contributed by atoms with van der Waals surface area (Å²) in [5.74, 6) is 0.896. The molecule has 0 saturated carbocycles. The summed E-state index contributed by atoms with van der Waals surface area (Å²) in [6.07, 6.45) is 1.58. The monoisotopic (exact) mass is 373 g/mol. The first-order valence-corrected chi connectivity index (χ1v) is 9.00. The molecule has 1 fully saturated rings. The van der Waals surface area contributed by atoms with Crippen molar-refractivity contribution in [3.63, 3.8) is 0 Å². The molecular weight excluding hydrogens is 348 g/mol. The molecular formula is C21H26ClN2O2+. The second-order valence-electron chi connectivity index (χ2n) is 6.92. The van der Waals surface area contributed by atoms with Gasteiger partial charge < -0.3 is 15.2 Å². The van der Waals surface area contributed by atoms with Gasteiger partial charge in [0.2, 0.25) is 0 Å². The molecule has 2 aromatic rings. The number of nitrogens with zero attached hydrogens (tertiary/aromatic N) is 1. The standard InChI is InChI=1S/C21H25N2O2.ClH/c24-20(18-14-17-6-4-5-9-21(17)25-16-18)15-23(12-10-22-11-13-23)19-7-2-1-3-8-19;/h1-9,14,20,22,24H,10-13,15-16H2;1H/q+1;. The number of hydrogen-bond donors (Lipinski definition) is 2. The zero-order valence-corrected chi connectivity index (χ0v) is 15.6. The minimum absolute atomic E-state index is 0. The Morgan fingerprint density at radius 3 is 2.46 bits per heavy atom. The molecule has 2 N–H and O–H groups in total. The van der Waals surface area contributed by atoms with Gasteiger partial charge in [-0.05, 0) is 24.3 Å². The van der Waals surface area contributed by atoms with E-state index in [0.717, 1.165) is 47.5 Å². The van der Waals surface area contributed by atoms with Crippen molar-refractivity contribution in [1.82, 2.24) is 9.80 Å². The van der Waals surface area contributed by atoms with E-state index < -0.39 is 6.10 Å². The minimum Gasteiger partial charge on any atom is -0.489 e. The van der Waals surface area contributed by atoms with Gasteiger partial charge >= 0.3 is 0 Å². The number of aliphatic hydroxyl groups excluding tert-OH is 1. The largest absolute Gasteiger partial charge is 0.489 e. The number of aliphatic hydroxyl groups is 1. The predicted octanol–water partition coefficient (Wildman–Crippen LogP) is 2.86. The van der Waals surface area contributed by atoms with Crippen LogP contribution in [0.25, 0.3) is 6.08 Å². The lowest BCUT2D eigenvalue weighted by atomic mass is 10.0. The van der Waals surface area contributed by atoms with E-state index in [1.807, 2.05) is 30.3 Å². The molecule has 138 valence electrons. The van der Waals surface area contributed by atoms with Crippen LogP contribution in [0, 0.1) is 0 Å². The number of ether oxygens (including phenoxy) is 1. The average Bonchev–Trinajstić information content (AvgIpc) is 2.69. The molecule has 4 nitrogen and oxygen atoms in total. The van der Waals surface area contributed by atoms with Gasteiger partial charge in [-0.15, -0.1) is 12.4 Å². The lowest BCUT2D eigenvalue weighted by Crippen LogP contribution is -2.62. The summed E-state index contributed by atoms with van der Waals surface area (Å²) in [6.45, 7) is 5.08. The number of piperazine rings is 1. The SMILES string of the molecule is Cl.OC(C[N+]1(c2ccccc2)CCNCC1)C1=Cc2ccccc2OC1. The van der Waals surface area contributed by atoms with Crippen LogP contribution in [0.15, 0.2) is 60.2 Å². The first-order chi connectivity index (χ1) is 12.3. The summed E-state index contributed by atoms with van der Waals surface area (Å²) < 4.78 is 6.65. The van der Waals surface area contributed by atoms with Gasteiger partial charge in [-0.25, -0.2) is 0 Å². The van der Waals surface area contributed by atoms with Crippen molar-refractivity contribution in [2.45, 2.75) is 6.10 Å². The van der Waals surface area contributed by atoms with Crippen LogP contribution in [0.3, 0.4) is 0 Å². The van der Waals surface area contributed by atoms with Gasteiger partial charge in [0.1, 0.15) is 30.7 Å². The number of rotatable bonds is 4. The maximum Gasteiger partial charge on any atom is 0.132 e. The normalized spacial score (nSPS) is 19.3. The Balaban J connectivity index is 0.00000196. The lowest BCUT2D eigenvalue weighted by molar-refractivity contribution is 0.123. The molecule has 2 aliphatic rings. The number of benzene rings is 2. The highest BCUT2D eigenvalue weighted by atomic mass is 35.5. The minimum atomic E-state index is -0.508. The van der Waals surface area contributed by atoms with Crippen molar-refractivity contribution in [2.75, 3.05) is 39.3 Å². The van der Waals surface area contributed by atoms with Crippen LogP contribution in [-0.4, -0.2) is 50.5 Å². The second-order valence-corrected chi connectivity index (χ2v) is 6.92. The zero-order valence-electron chi connectivity index (χ0n) is 14.8. The van der Waals surface area contributed by atoms with E-state index in [1.54, 1.807) is 0 Å². The van der Waals surface area contributed by atoms with Crippen molar-refractivity contribution in [1.29, 1.82) is 0 Å². The summed E-state index contributed by atoms with van der Waals surface area (Å²) in [4.78, 5) is 0. The fourth-order valence-electron chi connectivity index (χ4n) is 3.89. The number of para-hydroxylation sites is 2. The van der Waals surface area contributed by atoms with Crippen molar-refractivity contribution < 1.29 is 9.84 Å². The summed E-state index contributed by atoms with van der Waals surface area (Å²) in [6, 6.07) is 18.6. The number of quaternary nitrogens is 1. The zero-order chi connectivity index (χ0) is 17.1. The van der Waals surface area contributed by atoms with Crippen LogP contribution < -0.4 is 14.5 Å². The first kappa shape index (κ1) is 18.9. The molecule has 2 aromatic carbocycles. The fraction of sp³-hybridized carbons (Fsp3) is 0.333. The summed E-state index contributed by atoms with van der Waals surface area (Å²) in [5.41, 5.74) is 3.29. The molecule has 4 rings (SSSR count). The van der Waals surface area contributed by atoms with Gasteiger partial charge in [0, 0.05) is 24.2 Å². The molecule has 2 heterocycles. The summed E-state index contributed by atoms with van der Waals surface area (Å²) in [7, 11) is 0. The Labute approximate surface area is 161 Å². The molecule has 1 unspecified atom stereocenters. The average molecular weight is 374 g/mol. The topological polar surface area (TPSA) is 41.5 Å². The van der Waals surface area contributed by atoms with E-state index in [4.69, 9.17) is 4.74 Å². The quantitative estimate of drug-likeness (QED) is 0.810. The predicted molar refractivity (Wildman–Crippen MR) is 109 cm³/mol. The third-order valence-corrected chi connectivity index (χ3v) is 5.34. The molecule has 0 spiro atoms. The van der Waals surface area contributed by atoms with E-state index in [0.29, 0.717) is 13.2 Å². The van der Waals surface area contributed by atoms with Crippen LogP contribution in [0.1, 0.15) is 5.56 Å². The lowest BCUT2D eigenvalue weighted by Gasteiger charge is -2.42. The highest BCUT2D eigenvalue weighted by Gasteiger charge is 2.36. The van der Waals surface area contributed by atoms with Gasteiger partial charge in [-0.1, -0.05) is 36.4 Å². The molecule has 0 aliphatic carbocycles. The molecule has 1 saturated heterocycles. The molecule has 5 heteroatoms. The third-order valence-electron chi connectivity index (χ3n) is 5.34. The molecule has 2 aliphatic heterocycles. The van der Waals surface area contributed by atoms with Gasteiger partial charge in [0.05, 0.1) is 13.1 Å². The Morgan fingerprint density at radius 2 is 1.69 bits per heavy atom. The molecule has 0 bridgehead atoms. The Kier molecular flexibility index (Phi) is 5.99. The van der Waals surface area contributed by atoms with E-state index in [1.165, 1.54) is 5.69 Å². The van der Waals surface area contributed by atoms with E-state index in [2.05, 4.69) is 35.7 Å². The van der Waals surface area contributed by atoms with Crippen molar-refractivity contribution in [2.24, 2.45) is 0 Å². The van der Waals surface area contributed by atoms with Crippen molar-refractivity contribution in [3.8, 4) is 5.75 Å². The Hall–Kier alpha value is -1.85. The number of hydrogen-bond acceptors (Lipinski definition) is 3. The highest BCUT2D eigenvalue weighted by molar-refractivity contribution is 5.85. The number of nitrogens with one attached hydrogen (secondary N) is 1. The van der Waals surface area contributed by atoms with E-state index in [9.17, 15) is 5.11 Å². The fourth-order valence-corrected chi connectivity index (χ4v) is 3.89. The summed E-state index contributed by atoms with van der Waals surface area (Å²) in [5, 5.41) is 14.4. The maximum absolute atomic E-state index is 11.0. The van der Waals surface area contributed by atoms with Gasteiger partial charge in [0.25, 0.3) is 0 Å². The Bertz CT molecular complexity index is 758. The highest BCUT2D eigenvalue weighted by Crippen LogP contribution is 2.30. The smallest absolute Gasteiger partial charge is 0.132 e.